The highest BCUT2D eigenvalue weighted by Gasteiger charge is 2.20. The fraction of sp³-hybridized carbons (Fsp3) is 0.273. The predicted molar refractivity (Wildman–Crippen MR) is 103 cm³/mol. The molecule has 0 aliphatic carbocycles. The van der Waals surface area contributed by atoms with Crippen molar-refractivity contribution in [3.05, 3.63) is 76.9 Å². The molecule has 0 saturated carbocycles. The molecule has 1 N–H and O–H groups in total. The second kappa shape index (κ2) is 9.25. The van der Waals surface area contributed by atoms with Gasteiger partial charge in [0.15, 0.2) is 11.6 Å². The lowest BCUT2D eigenvalue weighted by atomic mass is 10.0. The van der Waals surface area contributed by atoms with Gasteiger partial charge in [0.25, 0.3) is 0 Å². The van der Waals surface area contributed by atoms with Crippen LogP contribution >= 0.6 is 0 Å². The van der Waals surface area contributed by atoms with Gasteiger partial charge in [-0.3, -0.25) is 9.69 Å². The molecule has 1 saturated heterocycles. The molecule has 1 fully saturated rings. The molecule has 0 unspecified atom stereocenters. The van der Waals surface area contributed by atoms with Crippen molar-refractivity contribution in [2.24, 2.45) is 0 Å². The monoisotopic (exact) mass is 381 g/mol. The molecule has 0 spiro atoms. The second-order valence-electron chi connectivity index (χ2n) is 6.87. The maximum Gasteiger partial charge on any atom is 0.244 e. The number of halogens is 2. The van der Waals surface area contributed by atoms with Gasteiger partial charge < -0.3 is 5.32 Å². The molecule has 1 aliphatic heterocycles. The third kappa shape index (κ3) is 5.48. The number of carbonyl (C=O) groups is 1. The summed E-state index contributed by atoms with van der Waals surface area (Å²) in [5.74, 6) is -1.81. The number of nitrogens with one attached hydrogen (secondary N) is 1. The average Bonchev–Trinajstić information content (AvgIpc) is 2.71. The quantitative estimate of drug-likeness (QED) is 0.805. The summed E-state index contributed by atoms with van der Waals surface area (Å²) < 4.78 is 26.3. The molecule has 28 heavy (non-hydrogen) atoms. The number of nitriles is 1. The van der Waals surface area contributed by atoms with E-state index in [-0.39, 0.29) is 11.9 Å². The van der Waals surface area contributed by atoms with Crippen LogP contribution in [-0.2, 0) is 11.3 Å². The summed E-state index contributed by atoms with van der Waals surface area (Å²) in [5.41, 5.74) is 2.18. The van der Waals surface area contributed by atoms with E-state index in [0.29, 0.717) is 12.1 Å². The highest BCUT2D eigenvalue weighted by molar-refractivity contribution is 5.91. The number of amides is 1. The van der Waals surface area contributed by atoms with Crippen molar-refractivity contribution in [3.63, 3.8) is 0 Å². The Bertz CT molecular complexity index is 895. The van der Waals surface area contributed by atoms with Crippen LogP contribution in [0.4, 0.5) is 8.78 Å². The largest absolute Gasteiger partial charge is 0.350 e. The Morgan fingerprint density at radius 2 is 1.86 bits per heavy atom. The molecule has 2 aromatic rings. The topological polar surface area (TPSA) is 56.1 Å². The van der Waals surface area contributed by atoms with Gasteiger partial charge in [-0.25, -0.2) is 8.78 Å². The van der Waals surface area contributed by atoms with Crippen molar-refractivity contribution in [1.82, 2.24) is 10.2 Å². The van der Waals surface area contributed by atoms with Crippen LogP contribution in [0, 0.1) is 23.0 Å². The molecule has 144 valence electrons. The van der Waals surface area contributed by atoms with Gasteiger partial charge in [0.1, 0.15) is 0 Å². The molecule has 0 aromatic heterocycles. The van der Waals surface area contributed by atoms with E-state index in [1.807, 2.05) is 0 Å². The van der Waals surface area contributed by atoms with Gasteiger partial charge in [-0.1, -0.05) is 18.2 Å². The Kier molecular flexibility index (Phi) is 6.51. The number of nitrogens with zero attached hydrogens (tertiary/aromatic N) is 2. The number of benzene rings is 2. The fourth-order valence-corrected chi connectivity index (χ4v) is 3.22. The van der Waals surface area contributed by atoms with Crippen LogP contribution in [0.2, 0.25) is 0 Å². The lowest BCUT2D eigenvalue weighted by molar-refractivity contribution is -0.117. The van der Waals surface area contributed by atoms with Crippen LogP contribution in [0.15, 0.2) is 48.5 Å². The SMILES string of the molecule is N#Cc1ccc(/C=C/C(=O)NC2CCN(Cc3ccc(F)c(F)c3)CC2)cc1. The maximum absolute atomic E-state index is 13.3. The predicted octanol–water partition coefficient (Wildman–Crippen LogP) is 3.63. The van der Waals surface area contributed by atoms with Gasteiger partial charge in [0.05, 0.1) is 11.6 Å². The van der Waals surface area contributed by atoms with Crippen LogP contribution in [0.25, 0.3) is 6.08 Å². The Morgan fingerprint density at radius 1 is 1.14 bits per heavy atom. The Balaban J connectivity index is 1.44. The number of rotatable bonds is 5. The third-order valence-electron chi connectivity index (χ3n) is 4.79. The zero-order valence-corrected chi connectivity index (χ0v) is 15.4. The first-order valence-electron chi connectivity index (χ1n) is 9.18. The van der Waals surface area contributed by atoms with E-state index in [0.717, 1.165) is 43.1 Å². The molecular formula is C22H21F2N3O. The van der Waals surface area contributed by atoms with Gasteiger partial charge in [-0.2, -0.15) is 5.26 Å². The van der Waals surface area contributed by atoms with Crippen LogP contribution in [0.1, 0.15) is 29.5 Å². The number of hydrogen-bond acceptors (Lipinski definition) is 3. The lowest BCUT2D eigenvalue weighted by Gasteiger charge is -2.32. The van der Waals surface area contributed by atoms with Crippen molar-refractivity contribution >= 4 is 12.0 Å². The zero-order chi connectivity index (χ0) is 19.9. The van der Waals surface area contributed by atoms with Gasteiger partial charge in [0, 0.05) is 31.8 Å². The molecule has 2 aromatic carbocycles. The number of piperidine rings is 1. The molecular weight excluding hydrogens is 360 g/mol. The Hall–Kier alpha value is -3.04. The zero-order valence-electron chi connectivity index (χ0n) is 15.4. The first-order valence-corrected chi connectivity index (χ1v) is 9.18. The minimum Gasteiger partial charge on any atom is -0.350 e. The number of hydrogen-bond donors (Lipinski definition) is 1. The molecule has 0 bridgehead atoms. The van der Waals surface area contributed by atoms with E-state index in [2.05, 4.69) is 16.3 Å². The Labute approximate surface area is 163 Å². The summed E-state index contributed by atoms with van der Waals surface area (Å²) in [6, 6.07) is 13.1. The molecule has 1 amide bonds. The minimum atomic E-state index is -0.834. The van der Waals surface area contributed by atoms with Crippen LogP contribution in [0.3, 0.4) is 0 Å². The highest BCUT2D eigenvalue weighted by Crippen LogP contribution is 2.16. The van der Waals surface area contributed by atoms with E-state index < -0.39 is 11.6 Å². The van der Waals surface area contributed by atoms with Crippen molar-refractivity contribution in [2.45, 2.75) is 25.4 Å². The van der Waals surface area contributed by atoms with Gasteiger partial charge in [-0.15, -0.1) is 0 Å². The number of likely N-dealkylation sites (tertiary alicyclic amines) is 1. The maximum atomic E-state index is 13.3. The van der Waals surface area contributed by atoms with Crippen LogP contribution in [0.5, 0.6) is 0 Å². The summed E-state index contributed by atoms with van der Waals surface area (Å²) >= 11 is 0. The summed E-state index contributed by atoms with van der Waals surface area (Å²) in [5, 5.41) is 11.8. The second-order valence-corrected chi connectivity index (χ2v) is 6.87. The smallest absolute Gasteiger partial charge is 0.244 e. The Morgan fingerprint density at radius 3 is 2.50 bits per heavy atom. The standard InChI is InChI=1S/C22H21F2N3O/c23-20-7-5-18(13-21(20)24)15-27-11-9-19(10-12-27)26-22(28)8-6-16-1-3-17(14-25)4-2-16/h1-8,13,19H,9-12,15H2,(H,26,28)/b8-6+. The summed E-state index contributed by atoms with van der Waals surface area (Å²) in [7, 11) is 0. The first-order chi connectivity index (χ1) is 13.5. The van der Waals surface area contributed by atoms with E-state index in [1.54, 1.807) is 36.4 Å². The molecule has 0 atom stereocenters. The van der Waals surface area contributed by atoms with Gasteiger partial charge in [0.2, 0.25) is 5.91 Å². The van der Waals surface area contributed by atoms with Crippen molar-refractivity contribution < 1.29 is 13.6 Å². The fourth-order valence-electron chi connectivity index (χ4n) is 3.22. The van der Waals surface area contributed by atoms with E-state index in [4.69, 9.17) is 5.26 Å². The average molecular weight is 381 g/mol. The van der Waals surface area contributed by atoms with Gasteiger partial charge in [-0.05, 0) is 54.3 Å². The summed E-state index contributed by atoms with van der Waals surface area (Å²) in [6.45, 7) is 2.13. The first kappa shape index (κ1) is 19.7. The molecule has 1 aliphatic rings. The molecule has 3 rings (SSSR count). The molecule has 4 nitrogen and oxygen atoms in total. The van der Waals surface area contributed by atoms with E-state index in [9.17, 15) is 13.6 Å². The normalized spacial score (nSPS) is 15.5. The van der Waals surface area contributed by atoms with Crippen molar-refractivity contribution in [2.75, 3.05) is 13.1 Å². The molecule has 0 radical (unpaired) electrons. The van der Waals surface area contributed by atoms with Crippen LogP contribution < -0.4 is 5.32 Å². The molecule has 1 heterocycles. The number of carbonyl (C=O) groups excluding carboxylic acids is 1. The van der Waals surface area contributed by atoms with E-state index >= 15 is 0 Å². The highest BCUT2D eigenvalue weighted by atomic mass is 19.2. The van der Waals surface area contributed by atoms with Crippen molar-refractivity contribution in [3.8, 4) is 6.07 Å². The van der Waals surface area contributed by atoms with Crippen molar-refractivity contribution in [1.29, 1.82) is 5.26 Å². The molecule has 6 heteroatoms. The summed E-state index contributed by atoms with van der Waals surface area (Å²) in [4.78, 5) is 14.3. The minimum absolute atomic E-state index is 0.0966. The van der Waals surface area contributed by atoms with E-state index in [1.165, 1.54) is 12.1 Å². The third-order valence-corrected chi connectivity index (χ3v) is 4.79. The van der Waals surface area contributed by atoms with Gasteiger partial charge >= 0.3 is 0 Å². The summed E-state index contributed by atoms with van der Waals surface area (Å²) in [6.07, 6.45) is 4.82. The lowest BCUT2D eigenvalue weighted by Crippen LogP contribution is -2.43. The van der Waals surface area contributed by atoms with Crippen LogP contribution in [-0.4, -0.2) is 29.9 Å².